The van der Waals surface area contributed by atoms with E-state index in [4.69, 9.17) is 4.74 Å². The Kier molecular flexibility index (Phi) is 2.28. The number of hydroxylamine groups is 3. The Labute approximate surface area is 61.8 Å². The highest BCUT2D eigenvalue weighted by atomic mass is 16.6. The van der Waals surface area contributed by atoms with Crippen molar-refractivity contribution in [2.45, 2.75) is 19.9 Å². The van der Waals surface area contributed by atoms with Gasteiger partial charge in [-0.1, -0.05) is 0 Å². The Morgan fingerprint density at radius 1 is 1.30 bits per heavy atom. The second kappa shape index (κ2) is 2.86. The normalized spacial score (nSPS) is 25.2. The minimum Gasteiger partial charge on any atom is -0.370 e. The van der Waals surface area contributed by atoms with Gasteiger partial charge in [0.2, 0.25) is 0 Å². The molecule has 0 aromatic rings. The number of ether oxygens (including phenoxy) is 1. The Morgan fingerprint density at radius 3 is 2.10 bits per heavy atom. The zero-order chi connectivity index (χ0) is 7.61. The van der Waals surface area contributed by atoms with Gasteiger partial charge in [-0.3, -0.25) is 0 Å². The minimum atomic E-state index is 0.181. The average molecular weight is 146 g/mol. The molecule has 60 valence electrons. The predicted octanol–water partition coefficient (Wildman–Crippen LogP) is 0.631. The highest BCUT2D eigenvalue weighted by molar-refractivity contribution is 4.46. The number of hydrogen-bond donors (Lipinski definition) is 1. The summed E-state index contributed by atoms with van der Waals surface area (Å²) < 4.78 is 5.32. The van der Waals surface area contributed by atoms with E-state index in [9.17, 15) is 5.21 Å². The van der Waals surface area contributed by atoms with Crippen LogP contribution < -0.4 is 0 Å². The van der Waals surface area contributed by atoms with Gasteiger partial charge in [0.25, 0.3) is 0 Å². The SMILES string of the molecule is CC(C)[N+]1(O)CCOCC1. The van der Waals surface area contributed by atoms with Gasteiger partial charge >= 0.3 is 0 Å². The van der Waals surface area contributed by atoms with Crippen LogP contribution >= 0.6 is 0 Å². The minimum absolute atomic E-state index is 0.181. The maximum Gasteiger partial charge on any atom is 0.132 e. The van der Waals surface area contributed by atoms with E-state index in [0.29, 0.717) is 19.3 Å². The number of quaternary nitrogens is 1. The Bertz CT molecular complexity index is 108. The summed E-state index contributed by atoms with van der Waals surface area (Å²) in [6, 6.07) is 0.295. The lowest BCUT2D eigenvalue weighted by atomic mass is 10.3. The fraction of sp³-hybridized carbons (Fsp3) is 1.00. The molecule has 0 bridgehead atoms. The molecule has 0 spiro atoms. The van der Waals surface area contributed by atoms with Crippen molar-refractivity contribution in [3.63, 3.8) is 0 Å². The summed E-state index contributed by atoms with van der Waals surface area (Å²) in [6.45, 7) is 6.91. The van der Waals surface area contributed by atoms with Gasteiger partial charge in [-0.25, -0.2) is 5.21 Å². The Balaban J connectivity index is 2.48. The molecular formula is C7H16NO2+. The van der Waals surface area contributed by atoms with Crippen molar-refractivity contribution in [2.24, 2.45) is 0 Å². The van der Waals surface area contributed by atoms with Crippen molar-refractivity contribution < 1.29 is 14.6 Å². The van der Waals surface area contributed by atoms with Gasteiger partial charge in [-0.05, 0) is 13.8 Å². The van der Waals surface area contributed by atoms with E-state index in [0.717, 1.165) is 13.1 Å². The van der Waals surface area contributed by atoms with Gasteiger partial charge in [-0.2, -0.15) is 4.65 Å². The first-order valence-electron chi connectivity index (χ1n) is 3.82. The predicted molar refractivity (Wildman–Crippen MR) is 37.7 cm³/mol. The van der Waals surface area contributed by atoms with Gasteiger partial charge in [0.05, 0.1) is 13.2 Å². The molecule has 0 saturated carbocycles. The molecule has 3 heteroatoms. The fourth-order valence-electron chi connectivity index (χ4n) is 1.18. The zero-order valence-corrected chi connectivity index (χ0v) is 6.71. The molecule has 3 nitrogen and oxygen atoms in total. The summed E-state index contributed by atoms with van der Waals surface area (Å²) in [4.78, 5) is 0. The number of morpholine rings is 1. The van der Waals surface area contributed by atoms with Crippen LogP contribution in [0.15, 0.2) is 0 Å². The van der Waals surface area contributed by atoms with Crippen molar-refractivity contribution in [1.29, 1.82) is 0 Å². The largest absolute Gasteiger partial charge is 0.370 e. The standard InChI is InChI=1S/C7H16NO2/c1-7(2)8(9)3-5-10-6-4-8/h7,9H,3-6H2,1-2H3/q+1. The topological polar surface area (TPSA) is 29.5 Å². The lowest BCUT2D eigenvalue weighted by Gasteiger charge is -2.36. The van der Waals surface area contributed by atoms with Crippen LogP contribution in [-0.2, 0) is 4.74 Å². The van der Waals surface area contributed by atoms with Crippen LogP contribution in [0.3, 0.4) is 0 Å². The zero-order valence-electron chi connectivity index (χ0n) is 6.71. The molecule has 1 aliphatic heterocycles. The van der Waals surface area contributed by atoms with Crippen molar-refractivity contribution in [2.75, 3.05) is 26.3 Å². The van der Waals surface area contributed by atoms with E-state index in [1.165, 1.54) is 0 Å². The second-order valence-electron chi connectivity index (χ2n) is 3.14. The summed E-state index contributed by atoms with van der Waals surface area (Å²) in [5.74, 6) is 0. The number of rotatable bonds is 1. The quantitative estimate of drug-likeness (QED) is 0.550. The van der Waals surface area contributed by atoms with Gasteiger partial charge in [-0.15, -0.1) is 0 Å². The van der Waals surface area contributed by atoms with Gasteiger partial charge in [0.1, 0.15) is 19.1 Å². The monoisotopic (exact) mass is 146 g/mol. The van der Waals surface area contributed by atoms with Crippen molar-refractivity contribution >= 4 is 0 Å². The first kappa shape index (κ1) is 7.98. The first-order valence-corrected chi connectivity index (χ1v) is 3.82. The molecule has 10 heavy (non-hydrogen) atoms. The fourth-order valence-corrected chi connectivity index (χ4v) is 1.18. The third kappa shape index (κ3) is 1.48. The number of hydrogen-bond acceptors (Lipinski definition) is 2. The molecule has 0 aromatic carbocycles. The van der Waals surface area contributed by atoms with Crippen LogP contribution in [0.25, 0.3) is 0 Å². The van der Waals surface area contributed by atoms with Crippen LogP contribution in [0.4, 0.5) is 0 Å². The molecule has 0 aliphatic carbocycles. The highest BCUT2D eigenvalue weighted by Gasteiger charge is 2.31. The van der Waals surface area contributed by atoms with Gasteiger partial charge in [0.15, 0.2) is 0 Å². The summed E-state index contributed by atoms with van der Waals surface area (Å²) in [5, 5.41) is 9.81. The van der Waals surface area contributed by atoms with E-state index in [1.807, 2.05) is 13.8 Å². The van der Waals surface area contributed by atoms with Gasteiger partial charge in [0, 0.05) is 0 Å². The molecule has 0 aromatic heterocycles. The van der Waals surface area contributed by atoms with E-state index in [2.05, 4.69) is 0 Å². The highest BCUT2D eigenvalue weighted by Crippen LogP contribution is 2.11. The molecule has 1 N–H and O–H groups in total. The first-order chi connectivity index (χ1) is 4.65. The summed E-state index contributed by atoms with van der Waals surface area (Å²) in [7, 11) is 0. The lowest BCUT2D eigenvalue weighted by Crippen LogP contribution is -2.56. The number of nitrogens with zero attached hydrogens (tertiary/aromatic N) is 1. The van der Waals surface area contributed by atoms with Crippen molar-refractivity contribution in [1.82, 2.24) is 0 Å². The lowest BCUT2D eigenvalue weighted by molar-refractivity contribution is -1.12. The Morgan fingerprint density at radius 2 is 1.80 bits per heavy atom. The van der Waals surface area contributed by atoms with E-state index in [-0.39, 0.29) is 4.65 Å². The third-order valence-corrected chi connectivity index (χ3v) is 2.21. The second-order valence-corrected chi connectivity index (χ2v) is 3.14. The van der Waals surface area contributed by atoms with E-state index >= 15 is 0 Å². The van der Waals surface area contributed by atoms with Crippen LogP contribution in [0.1, 0.15) is 13.8 Å². The smallest absolute Gasteiger partial charge is 0.132 e. The summed E-state index contributed by atoms with van der Waals surface area (Å²) in [6.07, 6.45) is 0. The molecule has 0 amide bonds. The van der Waals surface area contributed by atoms with Crippen LogP contribution in [-0.4, -0.2) is 42.2 Å². The molecule has 0 radical (unpaired) electrons. The van der Waals surface area contributed by atoms with Crippen LogP contribution in [0.5, 0.6) is 0 Å². The molecule has 1 rings (SSSR count). The van der Waals surface area contributed by atoms with Crippen molar-refractivity contribution in [3.8, 4) is 0 Å². The molecule has 0 unspecified atom stereocenters. The molecule has 1 saturated heterocycles. The van der Waals surface area contributed by atoms with Crippen LogP contribution in [0, 0.1) is 0 Å². The average Bonchev–Trinajstić information content (AvgIpc) is 1.89. The Hall–Kier alpha value is -0.120. The summed E-state index contributed by atoms with van der Waals surface area (Å²) >= 11 is 0. The molecule has 1 fully saturated rings. The maximum atomic E-state index is 9.81. The van der Waals surface area contributed by atoms with Gasteiger partial charge < -0.3 is 4.74 Å². The third-order valence-electron chi connectivity index (χ3n) is 2.21. The maximum absolute atomic E-state index is 9.81. The molecule has 1 heterocycles. The molecule has 1 aliphatic rings. The molecule has 0 atom stereocenters. The van der Waals surface area contributed by atoms with E-state index < -0.39 is 0 Å². The van der Waals surface area contributed by atoms with Crippen molar-refractivity contribution in [3.05, 3.63) is 0 Å². The summed E-state index contributed by atoms with van der Waals surface area (Å²) in [5.41, 5.74) is 0. The van der Waals surface area contributed by atoms with Crippen LogP contribution in [0.2, 0.25) is 0 Å². The van der Waals surface area contributed by atoms with E-state index in [1.54, 1.807) is 0 Å². The molecular weight excluding hydrogens is 130 g/mol.